The van der Waals surface area contributed by atoms with E-state index < -0.39 is 0 Å². The van der Waals surface area contributed by atoms with Gasteiger partial charge in [0.25, 0.3) is 0 Å². The number of hydrogen-bond donors (Lipinski definition) is 2. The van der Waals surface area contributed by atoms with E-state index in [1.54, 1.807) is 32.2 Å². The summed E-state index contributed by atoms with van der Waals surface area (Å²) in [5, 5.41) is 5.85. The number of methoxy groups -OCH3 is 1. The van der Waals surface area contributed by atoms with Crippen molar-refractivity contribution in [3.05, 3.63) is 53.1 Å². The number of carbonyl (C=O) groups is 2. The van der Waals surface area contributed by atoms with Crippen molar-refractivity contribution in [1.82, 2.24) is 0 Å². The first kappa shape index (κ1) is 17.8. The summed E-state index contributed by atoms with van der Waals surface area (Å²) < 4.78 is 5.24. The molecule has 2 aromatic rings. The van der Waals surface area contributed by atoms with Crippen LogP contribution in [0.4, 0.5) is 11.4 Å². The Bertz CT molecular complexity index is 747. The second-order valence-corrected chi connectivity index (χ2v) is 5.54. The molecule has 0 aliphatic rings. The van der Waals surface area contributed by atoms with E-state index in [1.807, 2.05) is 24.3 Å². The van der Waals surface area contributed by atoms with E-state index in [2.05, 4.69) is 10.6 Å². The van der Waals surface area contributed by atoms with Gasteiger partial charge in [-0.2, -0.15) is 0 Å². The number of halogens is 1. The van der Waals surface area contributed by atoms with Gasteiger partial charge in [0.15, 0.2) is 0 Å². The summed E-state index contributed by atoms with van der Waals surface area (Å²) >= 11 is 6.14. The molecule has 0 heterocycles. The number of benzene rings is 2. The number of carbonyl (C=O) groups excluding carboxylic acids is 2. The van der Waals surface area contributed by atoms with Gasteiger partial charge < -0.3 is 15.4 Å². The monoisotopic (exact) mass is 346 g/mol. The summed E-state index contributed by atoms with van der Waals surface area (Å²) in [5.74, 6) is 0.370. The number of amides is 2. The van der Waals surface area contributed by atoms with Crippen molar-refractivity contribution in [3.63, 3.8) is 0 Å². The number of rotatable bonds is 6. The maximum Gasteiger partial charge on any atom is 0.228 e. The van der Waals surface area contributed by atoms with Gasteiger partial charge in [-0.15, -0.1) is 0 Å². The van der Waals surface area contributed by atoms with Crippen molar-refractivity contribution in [3.8, 4) is 5.75 Å². The van der Waals surface area contributed by atoms with Crippen LogP contribution in [0.1, 0.15) is 18.9 Å². The molecule has 0 radical (unpaired) electrons. The van der Waals surface area contributed by atoms with Crippen molar-refractivity contribution in [1.29, 1.82) is 0 Å². The lowest BCUT2D eigenvalue weighted by Crippen LogP contribution is -2.15. The number of nitrogens with one attached hydrogen (secondary N) is 2. The average molecular weight is 347 g/mol. The molecule has 24 heavy (non-hydrogen) atoms. The van der Waals surface area contributed by atoms with Crippen molar-refractivity contribution < 1.29 is 14.3 Å². The number of para-hydroxylation sites is 1. The molecule has 0 spiro atoms. The Balaban J connectivity index is 2.04. The molecular formula is C18H19ClN2O3. The predicted molar refractivity (Wildman–Crippen MR) is 95.7 cm³/mol. The van der Waals surface area contributed by atoms with Crippen LogP contribution in [0.5, 0.6) is 5.75 Å². The third kappa shape index (κ3) is 4.73. The lowest BCUT2D eigenvalue weighted by atomic mass is 10.1. The molecule has 0 bridgehead atoms. The standard InChI is InChI=1S/C18H19ClN2O3/c1-3-17(22)21-15-9-8-13(11-14(15)19)20-18(23)10-12-6-4-5-7-16(12)24-2/h4-9,11H,3,10H2,1-2H3,(H,20,23)(H,21,22). The highest BCUT2D eigenvalue weighted by Gasteiger charge is 2.10. The molecule has 2 N–H and O–H groups in total. The fraction of sp³-hybridized carbons (Fsp3) is 0.222. The zero-order chi connectivity index (χ0) is 17.5. The first-order valence-corrected chi connectivity index (χ1v) is 7.92. The third-order valence-electron chi connectivity index (χ3n) is 3.39. The number of anilines is 2. The highest BCUT2D eigenvalue weighted by atomic mass is 35.5. The molecule has 0 saturated heterocycles. The zero-order valence-electron chi connectivity index (χ0n) is 13.6. The van der Waals surface area contributed by atoms with Gasteiger partial charge in [0, 0.05) is 17.7 Å². The van der Waals surface area contributed by atoms with Crippen LogP contribution >= 0.6 is 11.6 Å². The lowest BCUT2D eigenvalue weighted by Gasteiger charge is -2.11. The summed E-state index contributed by atoms with van der Waals surface area (Å²) in [7, 11) is 1.57. The highest BCUT2D eigenvalue weighted by molar-refractivity contribution is 6.34. The molecule has 2 aromatic carbocycles. The molecule has 0 fully saturated rings. The maximum absolute atomic E-state index is 12.2. The molecule has 0 aliphatic heterocycles. The van der Waals surface area contributed by atoms with Gasteiger partial charge in [-0.05, 0) is 24.3 Å². The summed E-state index contributed by atoms with van der Waals surface area (Å²) in [6, 6.07) is 12.3. The maximum atomic E-state index is 12.2. The van der Waals surface area contributed by atoms with Crippen LogP contribution in [0, 0.1) is 0 Å². The van der Waals surface area contributed by atoms with Gasteiger partial charge in [0.1, 0.15) is 5.75 Å². The molecule has 0 atom stereocenters. The summed E-state index contributed by atoms with van der Waals surface area (Å²) in [6.07, 6.45) is 0.559. The Morgan fingerprint density at radius 2 is 1.83 bits per heavy atom. The minimum atomic E-state index is -0.180. The topological polar surface area (TPSA) is 67.4 Å². The summed E-state index contributed by atoms with van der Waals surface area (Å²) in [5.41, 5.74) is 1.89. The Morgan fingerprint density at radius 3 is 2.50 bits per heavy atom. The average Bonchev–Trinajstić information content (AvgIpc) is 2.57. The van der Waals surface area contributed by atoms with Crippen LogP contribution in [0.25, 0.3) is 0 Å². The van der Waals surface area contributed by atoms with Crippen LogP contribution in [-0.4, -0.2) is 18.9 Å². The second-order valence-electron chi connectivity index (χ2n) is 5.13. The van der Waals surface area contributed by atoms with Crippen LogP contribution < -0.4 is 15.4 Å². The third-order valence-corrected chi connectivity index (χ3v) is 3.70. The molecule has 0 aromatic heterocycles. The fourth-order valence-corrected chi connectivity index (χ4v) is 2.39. The smallest absolute Gasteiger partial charge is 0.228 e. The van der Waals surface area contributed by atoms with Gasteiger partial charge in [0.2, 0.25) is 11.8 Å². The second kappa shape index (κ2) is 8.36. The molecule has 2 amide bonds. The first-order chi connectivity index (χ1) is 11.5. The van der Waals surface area contributed by atoms with E-state index in [-0.39, 0.29) is 18.2 Å². The van der Waals surface area contributed by atoms with Crippen LogP contribution in [0.3, 0.4) is 0 Å². The minimum Gasteiger partial charge on any atom is -0.496 e. The lowest BCUT2D eigenvalue weighted by molar-refractivity contribution is -0.116. The summed E-state index contributed by atoms with van der Waals surface area (Å²) in [4.78, 5) is 23.6. The minimum absolute atomic E-state index is 0.121. The summed E-state index contributed by atoms with van der Waals surface area (Å²) in [6.45, 7) is 1.76. The van der Waals surface area contributed by atoms with E-state index in [0.717, 1.165) is 5.56 Å². The normalized spacial score (nSPS) is 10.1. The Morgan fingerprint density at radius 1 is 1.08 bits per heavy atom. The van der Waals surface area contributed by atoms with Gasteiger partial charge >= 0.3 is 0 Å². The molecule has 2 rings (SSSR count). The van der Waals surface area contributed by atoms with Crippen molar-refractivity contribution in [2.45, 2.75) is 19.8 Å². The Labute approximate surface area is 146 Å². The fourth-order valence-electron chi connectivity index (χ4n) is 2.16. The molecule has 0 unspecified atom stereocenters. The molecule has 126 valence electrons. The van der Waals surface area contributed by atoms with Crippen LogP contribution in [-0.2, 0) is 16.0 Å². The molecule has 0 aliphatic carbocycles. The van der Waals surface area contributed by atoms with Gasteiger partial charge in [-0.1, -0.05) is 36.7 Å². The molecule has 0 saturated carbocycles. The zero-order valence-corrected chi connectivity index (χ0v) is 14.3. The quantitative estimate of drug-likeness (QED) is 0.834. The van der Waals surface area contributed by atoms with E-state index >= 15 is 0 Å². The van der Waals surface area contributed by atoms with Gasteiger partial charge in [0.05, 0.1) is 24.2 Å². The molecule has 6 heteroatoms. The highest BCUT2D eigenvalue weighted by Crippen LogP contribution is 2.26. The first-order valence-electron chi connectivity index (χ1n) is 7.54. The largest absolute Gasteiger partial charge is 0.496 e. The Hall–Kier alpha value is -2.53. The molecular weight excluding hydrogens is 328 g/mol. The molecule has 5 nitrogen and oxygen atoms in total. The van der Waals surface area contributed by atoms with Crippen LogP contribution in [0.2, 0.25) is 5.02 Å². The van der Waals surface area contributed by atoms with Gasteiger partial charge in [-0.3, -0.25) is 9.59 Å². The van der Waals surface area contributed by atoms with Crippen LogP contribution in [0.15, 0.2) is 42.5 Å². The van der Waals surface area contributed by atoms with E-state index in [4.69, 9.17) is 16.3 Å². The Kier molecular flexibility index (Phi) is 6.21. The van der Waals surface area contributed by atoms with E-state index in [9.17, 15) is 9.59 Å². The van der Waals surface area contributed by atoms with E-state index in [0.29, 0.717) is 28.6 Å². The van der Waals surface area contributed by atoms with Crippen molar-refractivity contribution >= 4 is 34.8 Å². The van der Waals surface area contributed by atoms with Gasteiger partial charge in [-0.25, -0.2) is 0 Å². The predicted octanol–water partition coefficient (Wildman–Crippen LogP) is 3.88. The number of ether oxygens (including phenoxy) is 1. The number of hydrogen-bond acceptors (Lipinski definition) is 3. The van der Waals surface area contributed by atoms with E-state index in [1.165, 1.54) is 0 Å². The van der Waals surface area contributed by atoms with Crippen molar-refractivity contribution in [2.75, 3.05) is 17.7 Å². The SMILES string of the molecule is CCC(=O)Nc1ccc(NC(=O)Cc2ccccc2OC)cc1Cl. The van der Waals surface area contributed by atoms with Crippen molar-refractivity contribution in [2.24, 2.45) is 0 Å².